The summed E-state index contributed by atoms with van der Waals surface area (Å²) in [5.41, 5.74) is -0.748. The third-order valence-corrected chi connectivity index (χ3v) is 4.38. The molecular formula is C13H26FO3P. The van der Waals surface area contributed by atoms with Crippen LogP contribution in [-0.4, -0.2) is 13.2 Å². The predicted molar refractivity (Wildman–Crippen MR) is 73.4 cm³/mol. The molecule has 18 heavy (non-hydrogen) atoms. The van der Waals surface area contributed by atoms with Gasteiger partial charge in [0.1, 0.15) is 0 Å². The lowest BCUT2D eigenvalue weighted by atomic mass is 10.1. The summed E-state index contributed by atoms with van der Waals surface area (Å²) < 4.78 is 35.6. The van der Waals surface area contributed by atoms with Crippen molar-refractivity contribution < 1.29 is 18.0 Å². The van der Waals surface area contributed by atoms with Crippen LogP contribution in [0.25, 0.3) is 0 Å². The number of hydrogen-bond acceptors (Lipinski definition) is 3. The van der Waals surface area contributed by atoms with Crippen molar-refractivity contribution in [2.24, 2.45) is 0 Å². The molecular weight excluding hydrogens is 254 g/mol. The average molecular weight is 280 g/mol. The minimum Gasteiger partial charge on any atom is -0.304 e. The molecule has 0 atom stereocenters. The van der Waals surface area contributed by atoms with E-state index in [1.165, 1.54) is 25.3 Å². The number of halogens is 1. The maximum Gasteiger partial charge on any atom is 0.389 e. The number of unbranched alkanes of at least 4 members (excludes halogenated alkanes) is 5. The van der Waals surface area contributed by atoms with Crippen LogP contribution in [0.2, 0.25) is 0 Å². The first-order chi connectivity index (χ1) is 8.60. The van der Waals surface area contributed by atoms with Crippen LogP contribution in [0.3, 0.4) is 0 Å². The monoisotopic (exact) mass is 280 g/mol. The van der Waals surface area contributed by atoms with Gasteiger partial charge in [-0.05, 0) is 32.8 Å². The van der Waals surface area contributed by atoms with Gasteiger partial charge in [0, 0.05) is 0 Å². The molecule has 0 heterocycles. The zero-order valence-electron chi connectivity index (χ0n) is 11.8. The van der Waals surface area contributed by atoms with Crippen molar-refractivity contribution in [3.63, 3.8) is 0 Å². The third-order valence-electron chi connectivity index (χ3n) is 2.48. The summed E-state index contributed by atoms with van der Waals surface area (Å²) in [5, 5.41) is 0. The molecule has 0 saturated heterocycles. The summed E-state index contributed by atoms with van der Waals surface area (Å²) >= 11 is 0. The Morgan fingerprint density at radius 3 is 2.11 bits per heavy atom. The normalized spacial score (nSPS) is 13.0. The van der Waals surface area contributed by atoms with Crippen LogP contribution in [-0.2, 0) is 13.6 Å². The van der Waals surface area contributed by atoms with Crippen molar-refractivity contribution in [2.75, 3.05) is 13.2 Å². The average Bonchev–Trinajstić information content (AvgIpc) is 2.34. The highest BCUT2D eigenvalue weighted by molar-refractivity contribution is 7.58. The van der Waals surface area contributed by atoms with Crippen molar-refractivity contribution in [1.82, 2.24) is 0 Å². The second-order valence-electron chi connectivity index (χ2n) is 4.06. The molecule has 0 saturated carbocycles. The third kappa shape index (κ3) is 7.30. The van der Waals surface area contributed by atoms with Crippen LogP contribution in [0.1, 0.15) is 59.3 Å². The van der Waals surface area contributed by atoms with E-state index in [1.807, 2.05) is 0 Å². The lowest BCUT2D eigenvalue weighted by Gasteiger charge is -2.14. The summed E-state index contributed by atoms with van der Waals surface area (Å²) in [4.78, 5) is 0. The number of hydrogen-bond donors (Lipinski definition) is 0. The summed E-state index contributed by atoms with van der Waals surface area (Å²) in [7, 11) is -3.68. The van der Waals surface area contributed by atoms with Gasteiger partial charge in [0.15, 0.2) is 0 Å². The summed E-state index contributed by atoms with van der Waals surface area (Å²) in [6, 6.07) is 0. The maximum atomic E-state index is 13.7. The molecule has 3 nitrogen and oxygen atoms in total. The van der Waals surface area contributed by atoms with Gasteiger partial charge < -0.3 is 9.05 Å². The molecule has 0 rings (SSSR count). The Kier molecular flexibility index (Phi) is 10.6. The van der Waals surface area contributed by atoms with E-state index in [4.69, 9.17) is 9.05 Å². The van der Waals surface area contributed by atoms with E-state index >= 15 is 0 Å². The molecule has 108 valence electrons. The van der Waals surface area contributed by atoms with E-state index in [1.54, 1.807) is 13.8 Å². The van der Waals surface area contributed by atoms with Gasteiger partial charge in [-0.15, -0.1) is 0 Å². The molecule has 0 fully saturated rings. The quantitative estimate of drug-likeness (QED) is 0.374. The molecule has 0 aromatic heterocycles. The Morgan fingerprint density at radius 1 is 1.06 bits per heavy atom. The van der Waals surface area contributed by atoms with E-state index in [0.717, 1.165) is 12.8 Å². The number of rotatable bonds is 11. The number of allylic oxidation sites excluding steroid dienone is 1. The van der Waals surface area contributed by atoms with Gasteiger partial charge in [0.25, 0.3) is 0 Å². The lowest BCUT2D eigenvalue weighted by Crippen LogP contribution is -1.96. The fourth-order valence-electron chi connectivity index (χ4n) is 1.58. The highest BCUT2D eigenvalue weighted by Crippen LogP contribution is 2.56. The Morgan fingerprint density at radius 2 is 1.61 bits per heavy atom. The van der Waals surface area contributed by atoms with E-state index in [-0.39, 0.29) is 13.2 Å². The standard InChI is InChI=1S/C13H26FO3P/c1-4-7-8-9-10-11-12-13(14)18(15,16-5-2)17-6-3/h12H,4-11H2,1-3H3/b13-12+. The Balaban J connectivity index is 4.14. The molecule has 0 aliphatic carbocycles. The summed E-state index contributed by atoms with van der Waals surface area (Å²) in [6.07, 6.45) is 7.48. The Hall–Kier alpha value is -0.180. The van der Waals surface area contributed by atoms with Crippen LogP contribution in [0, 0.1) is 0 Å². The maximum absolute atomic E-state index is 13.7. The van der Waals surface area contributed by atoms with Crippen molar-refractivity contribution in [1.29, 1.82) is 0 Å². The fourth-order valence-corrected chi connectivity index (χ4v) is 2.94. The zero-order chi connectivity index (χ0) is 13.9. The lowest BCUT2D eigenvalue weighted by molar-refractivity contribution is 0.220. The molecule has 0 N–H and O–H groups in total. The van der Waals surface area contributed by atoms with Gasteiger partial charge >= 0.3 is 7.60 Å². The van der Waals surface area contributed by atoms with Crippen molar-refractivity contribution in [2.45, 2.75) is 59.3 Å². The van der Waals surface area contributed by atoms with Crippen LogP contribution in [0.5, 0.6) is 0 Å². The van der Waals surface area contributed by atoms with Gasteiger partial charge in [0.05, 0.1) is 13.2 Å². The summed E-state index contributed by atoms with van der Waals surface area (Å²) in [6.45, 7) is 5.84. The fraction of sp³-hybridized carbons (Fsp3) is 0.846. The molecule has 0 aromatic carbocycles. The molecule has 0 radical (unpaired) electrons. The van der Waals surface area contributed by atoms with Crippen LogP contribution < -0.4 is 0 Å². The van der Waals surface area contributed by atoms with Crippen LogP contribution >= 0.6 is 7.60 Å². The van der Waals surface area contributed by atoms with Crippen molar-refractivity contribution in [3.05, 3.63) is 11.6 Å². The molecule has 0 bridgehead atoms. The van der Waals surface area contributed by atoms with Gasteiger partial charge in [-0.1, -0.05) is 32.6 Å². The van der Waals surface area contributed by atoms with Gasteiger partial charge in [-0.3, -0.25) is 4.57 Å². The largest absolute Gasteiger partial charge is 0.389 e. The summed E-state index contributed by atoms with van der Waals surface area (Å²) in [5.74, 6) is 0. The minimum absolute atomic E-state index is 0.176. The molecule has 5 heteroatoms. The first-order valence-corrected chi connectivity index (χ1v) is 8.40. The molecule has 0 aliphatic heterocycles. The highest BCUT2D eigenvalue weighted by atomic mass is 31.2. The topological polar surface area (TPSA) is 35.5 Å². The smallest absolute Gasteiger partial charge is 0.304 e. The second-order valence-corrected chi connectivity index (χ2v) is 6.00. The first-order valence-electron chi connectivity index (χ1n) is 6.86. The van der Waals surface area contributed by atoms with E-state index in [9.17, 15) is 8.96 Å². The molecule has 0 unspecified atom stereocenters. The Labute approximate surface area is 110 Å². The molecule has 0 aromatic rings. The van der Waals surface area contributed by atoms with E-state index in [2.05, 4.69) is 6.92 Å². The van der Waals surface area contributed by atoms with Gasteiger partial charge in [-0.25, -0.2) is 0 Å². The van der Waals surface area contributed by atoms with Gasteiger partial charge in [-0.2, -0.15) is 4.39 Å². The van der Waals surface area contributed by atoms with E-state index < -0.39 is 13.2 Å². The minimum atomic E-state index is -3.68. The first kappa shape index (κ1) is 17.8. The second kappa shape index (κ2) is 10.7. The van der Waals surface area contributed by atoms with Gasteiger partial charge in [0.2, 0.25) is 5.57 Å². The van der Waals surface area contributed by atoms with Crippen LogP contribution in [0.15, 0.2) is 11.6 Å². The van der Waals surface area contributed by atoms with E-state index in [0.29, 0.717) is 6.42 Å². The molecule has 0 spiro atoms. The Bertz CT molecular complexity index is 269. The van der Waals surface area contributed by atoms with Crippen molar-refractivity contribution in [3.8, 4) is 0 Å². The highest BCUT2D eigenvalue weighted by Gasteiger charge is 2.29. The van der Waals surface area contributed by atoms with Crippen LogP contribution in [0.4, 0.5) is 4.39 Å². The predicted octanol–water partition coefficient (Wildman–Crippen LogP) is 5.42. The molecule has 0 amide bonds. The van der Waals surface area contributed by atoms with Crippen molar-refractivity contribution >= 4 is 7.60 Å². The zero-order valence-corrected chi connectivity index (χ0v) is 12.7. The molecule has 0 aliphatic rings. The SMILES string of the molecule is CCCCCCC/C=C(\F)P(=O)(OCC)OCC.